The fourth-order valence-corrected chi connectivity index (χ4v) is 2.92. The Morgan fingerprint density at radius 1 is 1.30 bits per heavy atom. The van der Waals surface area contributed by atoms with Crippen molar-refractivity contribution >= 4 is 44.6 Å². The number of benzene rings is 1. The van der Waals surface area contributed by atoms with E-state index in [9.17, 15) is 4.79 Å². The van der Waals surface area contributed by atoms with Gasteiger partial charge in [-0.15, -0.1) is 11.3 Å². The van der Waals surface area contributed by atoms with Gasteiger partial charge in [0, 0.05) is 21.2 Å². The average molecular weight is 309 g/mol. The molecule has 0 aliphatic rings. The van der Waals surface area contributed by atoms with Crippen LogP contribution in [0.1, 0.15) is 37.4 Å². The quantitative estimate of drug-likeness (QED) is 0.633. The third-order valence-electron chi connectivity index (χ3n) is 3.15. The van der Waals surface area contributed by atoms with E-state index in [4.69, 9.17) is 11.6 Å². The zero-order chi connectivity index (χ0) is 14.9. The zero-order valence-corrected chi connectivity index (χ0v) is 13.5. The summed E-state index contributed by atoms with van der Waals surface area (Å²) in [5, 5.41) is 5.54. The van der Waals surface area contributed by atoms with E-state index in [-0.39, 0.29) is 11.3 Å². The first-order chi connectivity index (χ1) is 9.30. The van der Waals surface area contributed by atoms with Crippen molar-refractivity contribution in [3.8, 4) is 0 Å². The number of amides is 1. The Balaban J connectivity index is 2.27. The number of hydrogen-bond donors (Lipinski definition) is 1. The molecule has 1 amide bonds. The minimum Gasteiger partial charge on any atom is -0.266 e. The van der Waals surface area contributed by atoms with Gasteiger partial charge in [0.2, 0.25) is 0 Å². The normalized spacial score (nSPS) is 12.8. The fourth-order valence-electron chi connectivity index (χ4n) is 1.51. The second-order valence-corrected chi connectivity index (χ2v) is 7.06. The van der Waals surface area contributed by atoms with E-state index in [2.05, 4.69) is 10.5 Å². The van der Waals surface area contributed by atoms with Gasteiger partial charge >= 0.3 is 0 Å². The lowest BCUT2D eigenvalue weighted by Gasteiger charge is -2.17. The summed E-state index contributed by atoms with van der Waals surface area (Å²) in [5.74, 6) is -0.264. The van der Waals surface area contributed by atoms with Crippen molar-refractivity contribution in [1.29, 1.82) is 0 Å². The number of nitrogens with zero attached hydrogens (tertiary/aromatic N) is 1. The van der Waals surface area contributed by atoms with Crippen LogP contribution < -0.4 is 5.43 Å². The highest BCUT2D eigenvalue weighted by molar-refractivity contribution is 7.21. The monoisotopic (exact) mass is 308 g/mol. The molecule has 0 radical (unpaired) electrons. The molecule has 20 heavy (non-hydrogen) atoms. The van der Waals surface area contributed by atoms with Crippen molar-refractivity contribution in [2.75, 3.05) is 0 Å². The van der Waals surface area contributed by atoms with Crippen LogP contribution in [0.25, 0.3) is 10.1 Å². The summed E-state index contributed by atoms with van der Waals surface area (Å²) in [4.78, 5) is 12.7. The number of carbonyl (C=O) groups is 1. The van der Waals surface area contributed by atoms with E-state index in [1.54, 1.807) is 0 Å². The molecule has 3 nitrogen and oxygen atoms in total. The summed E-state index contributed by atoms with van der Waals surface area (Å²) >= 11 is 7.64. The number of hydrogen-bond acceptors (Lipinski definition) is 3. The molecule has 0 spiro atoms. The number of rotatable bonds is 2. The topological polar surface area (TPSA) is 41.5 Å². The van der Waals surface area contributed by atoms with Crippen LogP contribution in [0, 0.1) is 5.41 Å². The predicted molar refractivity (Wildman–Crippen MR) is 86.9 cm³/mol. The first kappa shape index (κ1) is 15.0. The molecule has 1 N–H and O–H groups in total. The molecule has 0 aliphatic heterocycles. The van der Waals surface area contributed by atoms with Crippen molar-refractivity contribution in [2.24, 2.45) is 10.5 Å². The Labute approximate surface area is 127 Å². The van der Waals surface area contributed by atoms with Gasteiger partial charge in [-0.3, -0.25) is 4.79 Å². The minimum absolute atomic E-state index is 0.0722. The maximum Gasteiger partial charge on any atom is 0.283 e. The molecular weight excluding hydrogens is 292 g/mol. The number of nitrogens with one attached hydrogen (secondary N) is 1. The van der Waals surface area contributed by atoms with Crippen LogP contribution in [0.15, 0.2) is 29.4 Å². The Hall–Kier alpha value is -1.39. The number of halogens is 1. The maximum absolute atomic E-state index is 12.2. The molecule has 2 rings (SSSR count). The van der Waals surface area contributed by atoms with E-state index < -0.39 is 0 Å². The summed E-state index contributed by atoms with van der Waals surface area (Å²) < 4.78 is 0.999. The molecular formula is C15H17ClN2OS. The molecule has 0 bridgehead atoms. The number of fused-ring (bicyclic) bond motifs is 1. The van der Waals surface area contributed by atoms with Gasteiger partial charge in [-0.1, -0.05) is 50.6 Å². The van der Waals surface area contributed by atoms with E-state index in [0.29, 0.717) is 9.90 Å². The van der Waals surface area contributed by atoms with Gasteiger partial charge in [0.05, 0.1) is 5.02 Å². The van der Waals surface area contributed by atoms with Crippen LogP contribution in [-0.4, -0.2) is 11.6 Å². The van der Waals surface area contributed by atoms with E-state index in [1.165, 1.54) is 11.3 Å². The standard InChI is InChI=1S/C15H17ClN2OS/c1-9(15(2,3)4)17-18-14(19)13-12(16)10-7-5-6-8-11(10)20-13/h5-8H,1-4H3,(H,18,19)/b17-9+. The lowest BCUT2D eigenvalue weighted by atomic mass is 9.91. The third-order valence-corrected chi connectivity index (χ3v) is 4.83. The molecule has 0 aliphatic carbocycles. The second kappa shape index (κ2) is 5.54. The lowest BCUT2D eigenvalue weighted by Crippen LogP contribution is -2.24. The Bertz CT molecular complexity index is 683. The molecule has 0 saturated carbocycles. The summed E-state index contributed by atoms with van der Waals surface area (Å²) in [6.45, 7) is 8.03. The van der Waals surface area contributed by atoms with Gasteiger partial charge < -0.3 is 0 Å². The zero-order valence-electron chi connectivity index (χ0n) is 12.0. The summed E-state index contributed by atoms with van der Waals surface area (Å²) in [6, 6.07) is 7.70. The van der Waals surface area contributed by atoms with Gasteiger partial charge in [0.1, 0.15) is 4.88 Å². The fraction of sp³-hybridized carbons (Fsp3) is 0.333. The first-order valence-electron chi connectivity index (χ1n) is 6.33. The van der Waals surface area contributed by atoms with Gasteiger partial charge in [-0.05, 0) is 13.0 Å². The smallest absolute Gasteiger partial charge is 0.266 e. The van der Waals surface area contributed by atoms with Gasteiger partial charge in [-0.2, -0.15) is 5.10 Å². The Morgan fingerprint density at radius 3 is 2.55 bits per heavy atom. The largest absolute Gasteiger partial charge is 0.283 e. The van der Waals surface area contributed by atoms with Crippen molar-refractivity contribution in [3.05, 3.63) is 34.2 Å². The Morgan fingerprint density at radius 2 is 1.95 bits per heavy atom. The molecule has 2 aromatic rings. The molecule has 1 heterocycles. The summed E-state index contributed by atoms with van der Waals surface area (Å²) in [7, 11) is 0. The van der Waals surface area contributed by atoms with Gasteiger partial charge in [0.25, 0.3) is 5.91 Å². The third kappa shape index (κ3) is 3.02. The van der Waals surface area contributed by atoms with Crippen molar-refractivity contribution in [2.45, 2.75) is 27.7 Å². The number of hydrazone groups is 1. The van der Waals surface area contributed by atoms with Crippen LogP contribution in [-0.2, 0) is 0 Å². The highest BCUT2D eigenvalue weighted by atomic mass is 35.5. The van der Waals surface area contributed by atoms with Crippen molar-refractivity contribution in [1.82, 2.24) is 5.43 Å². The molecule has 0 fully saturated rings. The Kier molecular flexibility index (Phi) is 4.16. The number of carbonyl (C=O) groups excluding carboxylic acids is 1. The second-order valence-electron chi connectivity index (χ2n) is 5.63. The molecule has 0 unspecified atom stereocenters. The minimum atomic E-state index is -0.264. The van der Waals surface area contributed by atoms with Crippen LogP contribution >= 0.6 is 22.9 Å². The molecule has 5 heteroatoms. The molecule has 0 atom stereocenters. The van der Waals surface area contributed by atoms with Crippen LogP contribution in [0.5, 0.6) is 0 Å². The maximum atomic E-state index is 12.2. The highest BCUT2D eigenvalue weighted by Crippen LogP contribution is 2.34. The lowest BCUT2D eigenvalue weighted by molar-refractivity contribution is 0.0958. The van der Waals surface area contributed by atoms with Crippen molar-refractivity contribution in [3.63, 3.8) is 0 Å². The molecule has 0 saturated heterocycles. The van der Waals surface area contributed by atoms with E-state index >= 15 is 0 Å². The summed E-state index contributed by atoms with van der Waals surface area (Å²) in [6.07, 6.45) is 0. The molecule has 1 aromatic heterocycles. The van der Waals surface area contributed by atoms with Gasteiger partial charge in [-0.25, -0.2) is 5.43 Å². The first-order valence-corrected chi connectivity index (χ1v) is 7.52. The van der Waals surface area contributed by atoms with Crippen LogP contribution in [0.2, 0.25) is 5.02 Å². The average Bonchev–Trinajstić information content (AvgIpc) is 2.72. The predicted octanol–water partition coefficient (Wildman–Crippen LogP) is 4.71. The highest BCUT2D eigenvalue weighted by Gasteiger charge is 2.18. The molecule has 1 aromatic carbocycles. The molecule has 106 valence electrons. The summed E-state index contributed by atoms with van der Waals surface area (Å²) in [5.41, 5.74) is 3.37. The van der Waals surface area contributed by atoms with Crippen LogP contribution in [0.4, 0.5) is 0 Å². The van der Waals surface area contributed by atoms with Crippen LogP contribution in [0.3, 0.4) is 0 Å². The van der Waals surface area contributed by atoms with Gasteiger partial charge in [0.15, 0.2) is 0 Å². The number of thiophene rings is 1. The van der Waals surface area contributed by atoms with E-state index in [1.807, 2.05) is 52.0 Å². The van der Waals surface area contributed by atoms with Crippen molar-refractivity contribution < 1.29 is 4.79 Å². The van der Waals surface area contributed by atoms with E-state index in [0.717, 1.165) is 15.8 Å². The SMILES string of the molecule is C/C(=N\NC(=O)c1sc2ccccc2c1Cl)C(C)(C)C.